The highest BCUT2D eigenvalue weighted by Crippen LogP contribution is 2.26. The minimum absolute atomic E-state index is 0.0184. The standard InChI is InChI=1S/C14H10BrF2NO2/c1-7-3-2-4-8(13(7)19)14(20)18-12-5-9(15)10(16)6-11(12)17/h2-6,19H,1H3,(H,18,20). The Labute approximate surface area is 122 Å². The molecule has 0 spiro atoms. The second-order valence-corrected chi connectivity index (χ2v) is 5.03. The van der Waals surface area contributed by atoms with Crippen LogP contribution >= 0.6 is 15.9 Å². The lowest BCUT2D eigenvalue weighted by molar-refractivity contribution is 0.102. The lowest BCUT2D eigenvalue weighted by Gasteiger charge is -2.09. The van der Waals surface area contributed by atoms with Crippen molar-refractivity contribution in [2.24, 2.45) is 0 Å². The van der Waals surface area contributed by atoms with Crippen molar-refractivity contribution in [2.45, 2.75) is 6.92 Å². The number of amides is 1. The molecule has 0 aromatic heterocycles. The molecule has 0 aliphatic rings. The fourth-order valence-electron chi connectivity index (χ4n) is 1.65. The number of aryl methyl sites for hydroxylation is 1. The summed E-state index contributed by atoms with van der Waals surface area (Å²) in [6.07, 6.45) is 0. The van der Waals surface area contributed by atoms with E-state index in [0.29, 0.717) is 11.6 Å². The Morgan fingerprint density at radius 2 is 1.95 bits per heavy atom. The zero-order valence-electron chi connectivity index (χ0n) is 10.4. The molecule has 0 heterocycles. The third-order valence-electron chi connectivity index (χ3n) is 2.74. The Morgan fingerprint density at radius 1 is 1.25 bits per heavy atom. The highest BCUT2D eigenvalue weighted by molar-refractivity contribution is 9.10. The smallest absolute Gasteiger partial charge is 0.259 e. The number of halogens is 3. The average Bonchev–Trinajstić information content (AvgIpc) is 2.39. The number of aromatic hydroxyl groups is 1. The van der Waals surface area contributed by atoms with Gasteiger partial charge in [-0.25, -0.2) is 8.78 Å². The van der Waals surface area contributed by atoms with E-state index in [0.717, 1.165) is 6.07 Å². The summed E-state index contributed by atoms with van der Waals surface area (Å²) in [5.74, 6) is -2.51. The van der Waals surface area contributed by atoms with Crippen molar-refractivity contribution in [3.63, 3.8) is 0 Å². The van der Waals surface area contributed by atoms with Gasteiger partial charge >= 0.3 is 0 Å². The SMILES string of the molecule is Cc1cccc(C(=O)Nc2cc(Br)c(F)cc2F)c1O. The Bertz CT molecular complexity index is 689. The summed E-state index contributed by atoms with van der Waals surface area (Å²) in [6.45, 7) is 1.64. The van der Waals surface area contributed by atoms with Crippen LogP contribution in [0.15, 0.2) is 34.8 Å². The molecule has 2 rings (SSSR count). The van der Waals surface area contributed by atoms with Crippen molar-refractivity contribution in [3.05, 3.63) is 57.6 Å². The van der Waals surface area contributed by atoms with E-state index in [2.05, 4.69) is 21.2 Å². The maximum absolute atomic E-state index is 13.5. The normalized spacial score (nSPS) is 10.4. The van der Waals surface area contributed by atoms with Crippen LogP contribution in [0.3, 0.4) is 0 Å². The maximum Gasteiger partial charge on any atom is 0.259 e. The van der Waals surface area contributed by atoms with Gasteiger partial charge in [0.25, 0.3) is 5.91 Å². The second-order valence-electron chi connectivity index (χ2n) is 4.17. The van der Waals surface area contributed by atoms with Crippen LogP contribution in [-0.4, -0.2) is 11.0 Å². The van der Waals surface area contributed by atoms with E-state index in [1.54, 1.807) is 19.1 Å². The van der Waals surface area contributed by atoms with Gasteiger partial charge in [-0.1, -0.05) is 12.1 Å². The van der Waals surface area contributed by atoms with Crippen LogP contribution in [-0.2, 0) is 0 Å². The number of hydrogen-bond acceptors (Lipinski definition) is 2. The largest absolute Gasteiger partial charge is 0.507 e. The van der Waals surface area contributed by atoms with Gasteiger partial charge in [-0.15, -0.1) is 0 Å². The Balaban J connectivity index is 2.33. The molecular formula is C14H10BrF2NO2. The Morgan fingerprint density at radius 3 is 2.65 bits per heavy atom. The van der Waals surface area contributed by atoms with Gasteiger partial charge in [0.2, 0.25) is 0 Å². The van der Waals surface area contributed by atoms with Gasteiger partial charge in [-0.2, -0.15) is 0 Å². The van der Waals surface area contributed by atoms with E-state index in [1.807, 2.05) is 0 Å². The van der Waals surface area contributed by atoms with Crippen LogP contribution < -0.4 is 5.32 Å². The quantitative estimate of drug-likeness (QED) is 0.811. The van der Waals surface area contributed by atoms with Crippen molar-refractivity contribution in [1.29, 1.82) is 0 Å². The van der Waals surface area contributed by atoms with Gasteiger partial charge in [0.15, 0.2) is 0 Å². The Kier molecular flexibility index (Phi) is 4.04. The van der Waals surface area contributed by atoms with Crippen molar-refractivity contribution in [1.82, 2.24) is 0 Å². The third-order valence-corrected chi connectivity index (χ3v) is 3.35. The summed E-state index contributed by atoms with van der Waals surface area (Å²) in [7, 11) is 0. The number of carbonyl (C=O) groups is 1. The van der Waals surface area contributed by atoms with E-state index >= 15 is 0 Å². The van der Waals surface area contributed by atoms with E-state index in [4.69, 9.17) is 0 Å². The molecule has 0 unspecified atom stereocenters. The molecule has 0 atom stereocenters. The van der Waals surface area contributed by atoms with Crippen molar-refractivity contribution >= 4 is 27.5 Å². The lowest BCUT2D eigenvalue weighted by atomic mass is 10.1. The first-order valence-electron chi connectivity index (χ1n) is 5.64. The fourth-order valence-corrected chi connectivity index (χ4v) is 1.99. The number of para-hydroxylation sites is 1. The monoisotopic (exact) mass is 341 g/mol. The number of phenols is 1. The molecule has 0 aliphatic heterocycles. The number of benzene rings is 2. The van der Waals surface area contributed by atoms with Gasteiger partial charge in [0.05, 0.1) is 15.7 Å². The number of anilines is 1. The van der Waals surface area contributed by atoms with Gasteiger partial charge in [0, 0.05) is 6.07 Å². The summed E-state index contributed by atoms with van der Waals surface area (Å²) in [5.41, 5.74) is 0.368. The number of nitrogens with one attached hydrogen (secondary N) is 1. The molecular weight excluding hydrogens is 332 g/mol. The first-order chi connectivity index (χ1) is 9.40. The predicted molar refractivity (Wildman–Crippen MR) is 74.9 cm³/mol. The van der Waals surface area contributed by atoms with Crippen LogP contribution in [0.5, 0.6) is 5.75 Å². The summed E-state index contributed by atoms with van der Waals surface area (Å²) < 4.78 is 26.7. The molecule has 1 amide bonds. The highest BCUT2D eigenvalue weighted by atomic mass is 79.9. The molecule has 0 radical (unpaired) electrons. The number of rotatable bonds is 2. The van der Waals surface area contributed by atoms with E-state index in [1.165, 1.54) is 6.07 Å². The molecule has 2 aromatic carbocycles. The molecule has 0 saturated heterocycles. The molecule has 0 bridgehead atoms. The van der Waals surface area contributed by atoms with E-state index in [-0.39, 0.29) is 21.5 Å². The topological polar surface area (TPSA) is 49.3 Å². The molecule has 104 valence electrons. The maximum atomic E-state index is 13.5. The van der Waals surface area contributed by atoms with Crippen LogP contribution in [0, 0.1) is 18.6 Å². The zero-order chi connectivity index (χ0) is 14.9. The first-order valence-corrected chi connectivity index (χ1v) is 6.44. The van der Waals surface area contributed by atoms with Crippen LogP contribution in [0.25, 0.3) is 0 Å². The van der Waals surface area contributed by atoms with E-state index < -0.39 is 17.5 Å². The number of hydrogen-bond donors (Lipinski definition) is 2. The van der Waals surface area contributed by atoms with Gasteiger partial charge in [-0.05, 0) is 40.5 Å². The van der Waals surface area contributed by atoms with Crippen LogP contribution in [0.4, 0.5) is 14.5 Å². The summed E-state index contributed by atoms with van der Waals surface area (Å²) >= 11 is 2.91. The minimum Gasteiger partial charge on any atom is -0.507 e. The molecule has 20 heavy (non-hydrogen) atoms. The van der Waals surface area contributed by atoms with Gasteiger partial charge in [-0.3, -0.25) is 4.79 Å². The fraction of sp³-hybridized carbons (Fsp3) is 0.0714. The lowest BCUT2D eigenvalue weighted by Crippen LogP contribution is -2.13. The average molecular weight is 342 g/mol. The number of carbonyl (C=O) groups excluding carboxylic acids is 1. The molecule has 0 aliphatic carbocycles. The molecule has 3 nitrogen and oxygen atoms in total. The minimum atomic E-state index is -0.897. The molecule has 6 heteroatoms. The van der Waals surface area contributed by atoms with Crippen molar-refractivity contribution < 1.29 is 18.7 Å². The highest BCUT2D eigenvalue weighted by Gasteiger charge is 2.15. The van der Waals surface area contributed by atoms with Crippen molar-refractivity contribution in [3.8, 4) is 5.75 Å². The van der Waals surface area contributed by atoms with Crippen LogP contribution in [0.2, 0.25) is 0 Å². The number of phenolic OH excluding ortho intramolecular Hbond substituents is 1. The molecule has 0 fully saturated rings. The second kappa shape index (κ2) is 5.58. The summed E-state index contributed by atoms with van der Waals surface area (Å²) in [6, 6.07) is 6.43. The molecule has 2 N–H and O–H groups in total. The van der Waals surface area contributed by atoms with Gasteiger partial charge in [0.1, 0.15) is 17.4 Å². The van der Waals surface area contributed by atoms with Crippen molar-refractivity contribution in [2.75, 3.05) is 5.32 Å². The van der Waals surface area contributed by atoms with Crippen LogP contribution in [0.1, 0.15) is 15.9 Å². The van der Waals surface area contributed by atoms with E-state index in [9.17, 15) is 18.7 Å². The first kappa shape index (κ1) is 14.5. The molecule has 2 aromatic rings. The summed E-state index contributed by atoms with van der Waals surface area (Å²) in [4.78, 5) is 12.0. The zero-order valence-corrected chi connectivity index (χ0v) is 12.0. The summed E-state index contributed by atoms with van der Waals surface area (Å²) in [5, 5.41) is 12.1. The Hall–Kier alpha value is -1.95. The predicted octanol–water partition coefficient (Wildman–Crippen LogP) is 3.99. The molecule has 0 saturated carbocycles. The van der Waals surface area contributed by atoms with Gasteiger partial charge < -0.3 is 10.4 Å². The third kappa shape index (κ3) is 2.80.